The van der Waals surface area contributed by atoms with Crippen LogP contribution in [0.4, 0.5) is 5.69 Å². The van der Waals surface area contributed by atoms with Crippen molar-refractivity contribution >= 4 is 5.69 Å². The van der Waals surface area contributed by atoms with Crippen molar-refractivity contribution in [1.82, 2.24) is 9.78 Å². The summed E-state index contributed by atoms with van der Waals surface area (Å²) in [5, 5.41) is 14.5. The fourth-order valence-corrected chi connectivity index (χ4v) is 1.26. The van der Waals surface area contributed by atoms with Crippen molar-refractivity contribution in [3.05, 3.63) is 22.0 Å². The Hall–Kier alpha value is -1.43. The number of nitrogens with two attached hydrogens (primary N) is 1. The second-order valence-electron chi connectivity index (χ2n) is 3.37. The molecule has 0 saturated carbocycles. The van der Waals surface area contributed by atoms with Crippen LogP contribution in [0.2, 0.25) is 0 Å². The number of rotatable bonds is 4. The van der Waals surface area contributed by atoms with E-state index in [1.165, 1.54) is 10.9 Å². The van der Waals surface area contributed by atoms with E-state index in [0.29, 0.717) is 12.1 Å². The Labute approximate surface area is 81.9 Å². The summed E-state index contributed by atoms with van der Waals surface area (Å²) in [5.74, 6) is 0. The van der Waals surface area contributed by atoms with Crippen LogP contribution in [0.1, 0.15) is 19.0 Å². The highest BCUT2D eigenvalue weighted by Gasteiger charge is 2.18. The lowest BCUT2D eigenvalue weighted by molar-refractivity contribution is -0.385. The second-order valence-corrected chi connectivity index (χ2v) is 3.37. The SMILES string of the molecule is C[C@H](N)CCc1c([N+](=O)[O-])cnn1C. The first-order valence-corrected chi connectivity index (χ1v) is 4.43. The molecule has 0 fully saturated rings. The van der Waals surface area contributed by atoms with Crippen LogP contribution in [0.3, 0.4) is 0 Å². The molecule has 1 heterocycles. The van der Waals surface area contributed by atoms with Crippen molar-refractivity contribution in [3.8, 4) is 0 Å². The Morgan fingerprint density at radius 1 is 1.79 bits per heavy atom. The van der Waals surface area contributed by atoms with Gasteiger partial charge in [0.15, 0.2) is 0 Å². The molecule has 0 aliphatic carbocycles. The van der Waals surface area contributed by atoms with E-state index < -0.39 is 4.92 Å². The van der Waals surface area contributed by atoms with Crippen molar-refractivity contribution in [1.29, 1.82) is 0 Å². The smallest absolute Gasteiger partial charge is 0.310 e. The number of aromatic nitrogens is 2. The lowest BCUT2D eigenvalue weighted by atomic mass is 10.1. The molecule has 0 spiro atoms. The minimum Gasteiger partial charge on any atom is -0.328 e. The minimum absolute atomic E-state index is 0.0458. The largest absolute Gasteiger partial charge is 0.328 e. The summed E-state index contributed by atoms with van der Waals surface area (Å²) >= 11 is 0. The third-order valence-electron chi connectivity index (χ3n) is 2.07. The Balaban J connectivity index is 2.83. The molecule has 0 unspecified atom stereocenters. The Morgan fingerprint density at radius 2 is 2.43 bits per heavy atom. The van der Waals surface area contributed by atoms with E-state index in [2.05, 4.69) is 5.10 Å². The van der Waals surface area contributed by atoms with Crippen molar-refractivity contribution in [2.75, 3.05) is 0 Å². The summed E-state index contributed by atoms with van der Waals surface area (Å²) in [6.45, 7) is 1.88. The average Bonchev–Trinajstić information content (AvgIpc) is 2.43. The lowest BCUT2D eigenvalue weighted by Crippen LogP contribution is -2.16. The molecule has 0 radical (unpaired) electrons. The van der Waals surface area contributed by atoms with Gasteiger partial charge in [0, 0.05) is 13.1 Å². The van der Waals surface area contributed by atoms with Crippen molar-refractivity contribution in [2.24, 2.45) is 12.8 Å². The molecule has 1 aromatic rings. The molecule has 0 saturated heterocycles. The van der Waals surface area contributed by atoms with Gasteiger partial charge in [-0.3, -0.25) is 14.8 Å². The molecular formula is C8H14N4O2. The summed E-state index contributed by atoms with van der Waals surface area (Å²) in [4.78, 5) is 10.2. The van der Waals surface area contributed by atoms with E-state index in [1.54, 1.807) is 7.05 Å². The van der Waals surface area contributed by atoms with Crippen LogP contribution in [0.5, 0.6) is 0 Å². The first-order chi connectivity index (χ1) is 6.52. The van der Waals surface area contributed by atoms with Crippen LogP contribution in [0, 0.1) is 10.1 Å². The molecule has 0 amide bonds. The Bertz CT molecular complexity index is 332. The van der Waals surface area contributed by atoms with Crippen LogP contribution in [0.25, 0.3) is 0 Å². The standard InChI is InChI=1S/C8H14N4O2/c1-6(9)3-4-7-8(12(13)14)5-10-11(7)2/h5-6H,3-4,9H2,1-2H3/t6-/m0/s1. The fraction of sp³-hybridized carbons (Fsp3) is 0.625. The molecule has 0 aliphatic heterocycles. The molecular weight excluding hydrogens is 184 g/mol. The van der Waals surface area contributed by atoms with Gasteiger partial charge in [0.05, 0.1) is 4.92 Å². The maximum Gasteiger partial charge on any atom is 0.310 e. The van der Waals surface area contributed by atoms with E-state index in [9.17, 15) is 10.1 Å². The van der Waals surface area contributed by atoms with Crippen LogP contribution in [-0.4, -0.2) is 20.7 Å². The third-order valence-corrected chi connectivity index (χ3v) is 2.07. The molecule has 0 aliphatic rings. The highest BCUT2D eigenvalue weighted by molar-refractivity contribution is 5.32. The monoisotopic (exact) mass is 198 g/mol. The molecule has 1 atom stereocenters. The summed E-state index contributed by atoms with van der Waals surface area (Å²) in [6.07, 6.45) is 2.58. The summed E-state index contributed by atoms with van der Waals surface area (Å²) in [7, 11) is 1.70. The highest BCUT2D eigenvalue weighted by Crippen LogP contribution is 2.18. The van der Waals surface area contributed by atoms with Gasteiger partial charge in [-0.2, -0.15) is 5.10 Å². The number of aryl methyl sites for hydroxylation is 1. The third kappa shape index (κ3) is 2.29. The number of nitro groups is 1. The van der Waals surface area contributed by atoms with Crippen LogP contribution >= 0.6 is 0 Å². The first-order valence-electron chi connectivity index (χ1n) is 4.43. The Kier molecular flexibility index (Phi) is 3.19. The van der Waals surface area contributed by atoms with Gasteiger partial charge < -0.3 is 5.73 Å². The van der Waals surface area contributed by atoms with Gasteiger partial charge in [-0.15, -0.1) is 0 Å². The second kappa shape index (κ2) is 4.19. The topological polar surface area (TPSA) is 87.0 Å². The molecule has 6 nitrogen and oxygen atoms in total. The van der Waals surface area contributed by atoms with E-state index in [4.69, 9.17) is 5.73 Å². The zero-order valence-electron chi connectivity index (χ0n) is 8.30. The van der Waals surface area contributed by atoms with E-state index >= 15 is 0 Å². The highest BCUT2D eigenvalue weighted by atomic mass is 16.6. The average molecular weight is 198 g/mol. The van der Waals surface area contributed by atoms with Crippen molar-refractivity contribution in [3.63, 3.8) is 0 Å². The number of nitrogens with zero attached hydrogens (tertiary/aromatic N) is 3. The number of hydrogen-bond acceptors (Lipinski definition) is 4. The summed E-state index contributed by atoms with van der Waals surface area (Å²) in [5.41, 5.74) is 6.29. The normalized spacial score (nSPS) is 12.8. The maximum atomic E-state index is 10.6. The van der Waals surface area contributed by atoms with Gasteiger partial charge >= 0.3 is 5.69 Å². The van der Waals surface area contributed by atoms with Crippen molar-refractivity contribution < 1.29 is 4.92 Å². The fourth-order valence-electron chi connectivity index (χ4n) is 1.26. The van der Waals surface area contributed by atoms with Crippen LogP contribution in [0.15, 0.2) is 6.20 Å². The number of hydrogen-bond donors (Lipinski definition) is 1. The predicted octanol–water partition coefficient (Wildman–Crippen LogP) is 0.608. The molecule has 14 heavy (non-hydrogen) atoms. The predicted molar refractivity (Wildman–Crippen MR) is 51.8 cm³/mol. The van der Waals surface area contributed by atoms with Gasteiger partial charge in [0.1, 0.15) is 11.9 Å². The van der Waals surface area contributed by atoms with Gasteiger partial charge in [-0.1, -0.05) is 0 Å². The van der Waals surface area contributed by atoms with Gasteiger partial charge in [0.25, 0.3) is 0 Å². The van der Waals surface area contributed by atoms with E-state index in [0.717, 1.165) is 6.42 Å². The van der Waals surface area contributed by atoms with Crippen LogP contribution in [-0.2, 0) is 13.5 Å². The minimum atomic E-state index is -0.413. The van der Waals surface area contributed by atoms with E-state index in [1.807, 2.05) is 6.92 Å². The summed E-state index contributed by atoms with van der Waals surface area (Å²) < 4.78 is 1.53. The molecule has 1 aromatic heterocycles. The van der Waals surface area contributed by atoms with Gasteiger partial charge in [-0.05, 0) is 19.8 Å². The first kappa shape index (κ1) is 10.6. The molecule has 6 heteroatoms. The lowest BCUT2D eigenvalue weighted by Gasteiger charge is -2.04. The molecule has 0 aromatic carbocycles. The quantitative estimate of drug-likeness (QED) is 0.567. The Morgan fingerprint density at radius 3 is 2.93 bits per heavy atom. The molecule has 78 valence electrons. The van der Waals surface area contributed by atoms with Crippen molar-refractivity contribution in [2.45, 2.75) is 25.8 Å². The zero-order chi connectivity index (χ0) is 10.7. The summed E-state index contributed by atoms with van der Waals surface area (Å²) in [6, 6.07) is 0.0458. The molecule has 0 bridgehead atoms. The maximum absolute atomic E-state index is 10.6. The van der Waals surface area contributed by atoms with E-state index in [-0.39, 0.29) is 11.7 Å². The van der Waals surface area contributed by atoms with Gasteiger partial charge in [0.2, 0.25) is 0 Å². The zero-order valence-corrected chi connectivity index (χ0v) is 8.30. The van der Waals surface area contributed by atoms with Gasteiger partial charge in [-0.25, -0.2) is 0 Å². The van der Waals surface area contributed by atoms with Crippen LogP contribution < -0.4 is 5.73 Å². The molecule has 2 N–H and O–H groups in total. The molecule has 1 rings (SSSR count).